The molecule has 0 saturated carbocycles. The maximum absolute atomic E-state index is 12.9. The number of nitrogens with zero attached hydrogens (tertiary/aromatic N) is 1. The van der Waals surface area contributed by atoms with E-state index in [1.807, 2.05) is 6.92 Å². The number of carbonyl (C=O) groups is 1. The van der Waals surface area contributed by atoms with Crippen LogP contribution in [0, 0.1) is 11.7 Å². The molecule has 0 spiro atoms. The molecule has 0 aromatic heterocycles. The molecule has 0 atom stereocenters. The summed E-state index contributed by atoms with van der Waals surface area (Å²) >= 11 is 0. The van der Waals surface area contributed by atoms with Crippen LogP contribution in [0.3, 0.4) is 0 Å². The van der Waals surface area contributed by atoms with Gasteiger partial charge in [-0.15, -0.1) is 0 Å². The summed E-state index contributed by atoms with van der Waals surface area (Å²) in [6, 6.07) is 5.87. The van der Waals surface area contributed by atoms with E-state index in [2.05, 4.69) is 4.90 Å². The van der Waals surface area contributed by atoms with Crippen LogP contribution in [0.2, 0.25) is 0 Å². The maximum atomic E-state index is 12.9. The van der Waals surface area contributed by atoms with E-state index in [1.165, 1.54) is 12.1 Å². The van der Waals surface area contributed by atoms with E-state index in [-0.39, 0.29) is 17.5 Å². The van der Waals surface area contributed by atoms with Gasteiger partial charge in [-0.1, -0.05) is 0 Å². The fourth-order valence-electron chi connectivity index (χ4n) is 2.61. The summed E-state index contributed by atoms with van der Waals surface area (Å²) in [5, 5.41) is 0. The number of likely N-dealkylation sites (tertiary alicyclic amines) is 1. The minimum Gasteiger partial charge on any atom is -0.380 e. The highest BCUT2D eigenvalue weighted by atomic mass is 19.1. The van der Waals surface area contributed by atoms with Gasteiger partial charge in [-0.05, 0) is 57.1 Å². The fraction of sp³-hybridized carbons (Fsp3) is 0.562. The van der Waals surface area contributed by atoms with Gasteiger partial charge in [-0.25, -0.2) is 4.39 Å². The van der Waals surface area contributed by atoms with Crippen molar-refractivity contribution >= 4 is 5.78 Å². The number of piperidine rings is 1. The van der Waals surface area contributed by atoms with Crippen LogP contribution < -0.4 is 0 Å². The first kappa shape index (κ1) is 15.1. The van der Waals surface area contributed by atoms with Crippen LogP contribution >= 0.6 is 0 Å². The number of carbonyl (C=O) groups excluding carboxylic acids is 1. The monoisotopic (exact) mass is 279 g/mol. The van der Waals surface area contributed by atoms with Crippen molar-refractivity contribution in [2.24, 2.45) is 5.92 Å². The van der Waals surface area contributed by atoms with Crippen molar-refractivity contribution in [1.29, 1.82) is 0 Å². The van der Waals surface area contributed by atoms with Crippen LogP contribution in [-0.2, 0) is 4.74 Å². The van der Waals surface area contributed by atoms with Crippen LogP contribution in [-0.4, -0.2) is 43.5 Å². The molecule has 1 aliphatic rings. The Bertz CT molecular complexity index is 425. The molecule has 0 bridgehead atoms. The summed E-state index contributed by atoms with van der Waals surface area (Å²) in [5.74, 6) is -0.0782. The van der Waals surface area contributed by atoms with Crippen molar-refractivity contribution in [3.05, 3.63) is 35.6 Å². The third kappa shape index (κ3) is 4.12. The third-order valence-corrected chi connectivity index (χ3v) is 3.84. The Labute approximate surface area is 119 Å². The minimum absolute atomic E-state index is 0.0730. The predicted octanol–water partition coefficient (Wildman–Crippen LogP) is 2.76. The van der Waals surface area contributed by atoms with Crippen LogP contribution in [0.15, 0.2) is 24.3 Å². The number of hydrogen-bond acceptors (Lipinski definition) is 3. The molecule has 1 aliphatic heterocycles. The van der Waals surface area contributed by atoms with Crippen LogP contribution in [0.1, 0.15) is 30.1 Å². The Morgan fingerprint density at radius 1 is 1.30 bits per heavy atom. The molecule has 0 amide bonds. The first-order valence-electron chi connectivity index (χ1n) is 7.30. The molecule has 0 radical (unpaired) electrons. The van der Waals surface area contributed by atoms with Gasteiger partial charge >= 0.3 is 0 Å². The maximum Gasteiger partial charge on any atom is 0.166 e. The van der Waals surface area contributed by atoms with Gasteiger partial charge in [-0.3, -0.25) is 4.79 Å². The predicted molar refractivity (Wildman–Crippen MR) is 76.4 cm³/mol. The number of ketones is 1. The summed E-state index contributed by atoms with van der Waals surface area (Å²) in [6.45, 7) is 6.31. The van der Waals surface area contributed by atoms with Crippen molar-refractivity contribution in [2.45, 2.75) is 19.8 Å². The Morgan fingerprint density at radius 2 is 1.95 bits per heavy atom. The zero-order chi connectivity index (χ0) is 14.4. The highest BCUT2D eigenvalue weighted by molar-refractivity contribution is 5.97. The van der Waals surface area contributed by atoms with Gasteiger partial charge in [0.2, 0.25) is 0 Å². The lowest BCUT2D eigenvalue weighted by Gasteiger charge is -2.31. The number of Topliss-reactive ketones (excluding diaryl/α,β-unsaturated/α-hetero) is 1. The molecule has 2 rings (SSSR count). The first-order chi connectivity index (χ1) is 9.70. The minimum atomic E-state index is -0.299. The second-order valence-electron chi connectivity index (χ2n) is 5.18. The summed E-state index contributed by atoms with van der Waals surface area (Å²) < 4.78 is 18.2. The van der Waals surface area contributed by atoms with E-state index >= 15 is 0 Å². The van der Waals surface area contributed by atoms with Gasteiger partial charge in [0, 0.05) is 24.6 Å². The molecule has 4 heteroatoms. The van der Waals surface area contributed by atoms with Crippen LogP contribution in [0.4, 0.5) is 4.39 Å². The van der Waals surface area contributed by atoms with Crippen molar-refractivity contribution in [3.63, 3.8) is 0 Å². The molecule has 1 heterocycles. The molecule has 1 aromatic rings. The molecular weight excluding hydrogens is 257 g/mol. The second-order valence-corrected chi connectivity index (χ2v) is 5.18. The molecule has 3 nitrogen and oxygen atoms in total. The Balaban J connectivity index is 1.81. The molecule has 20 heavy (non-hydrogen) atoms. The number of benzene rings is 1. The molecule has 110 valence electrons. The summed E-state index contributed by atoms with van der Waals surface area (Å²) in [4.78, 5) is 14.6. The molecule has 0 aliphatic carbocycles. The number of ether oxygens (including phenoxy) is 1. The average Bonchev–Trinajstić information content (AvgIpc) is 2.48. The summed E-state index contributed by atoms with van der Waals surface area (Å²) in [7, 11) is 0. The van der Waals surface area contributed by atoms with Crippen LogP contribution in [0.25, 0.3) is 0 Å². The average molecular weight is 279 g/mol. The lowest BCUT2D eigenvalue weighted by molar-refractivity contribution is 0.0763. The lowest BCUT2D eigenvalue weighted by Crippen LogP contribution is -2.38. The van der Waals surface area contributed by atoms with Crippen molar-refractivity contribution < 1.29 is 13.9 Å². The third-order valence-electron chi connectivity index (χ3n) is 3.84. The van der Waals surface area contributed by atoms with Crippen molar-refractivity contribution in [3.8, 4) is 0 Å². The van der Waals surface area contributed by atoms with Crippen molar-refractivity contribution in [1.82, 2.24) is 4.90 Å². The highest BCUT2D eigenvalue weighted by Gasteiger charge is 2.25. The van der Waals surface area contributed by atoms with E-state index in [9.17, 15) is 9.18 Å². The first-order valence-corrected chi connectivity index (χ1v) is 7.30. The molecule has 0 unspecified atom stereocenters. The van der Waals surface area contributed by atoms with Gasteiger partial charge < -0.3 is 9.64 Å². The molecule has 1 saturated heterocycles. The molecule has 1 aromatic carbocycles. The standard InChI is InChI=1S/C16H22FNO2/c1-2-20-12-11-18-9-7-14(8-10-18)16(19)13-3-5-15(17)6-4-13/h3-6,14H,2,7-12H2,1H3. The summed E-state index contributed by atoms with van der Waals surface area (Å²) in [5.41, 5.74) is 0.624. The van der Waals surface area contributed by atoms with Gasteiger partial charge in [0.25, 0.3) is 0 Å². The number of rotatable bonds is 6. The Kier molecular flexibility index (Phi) is 5.68. The van der Waals surface area contributed by atoms with Gasteiger partial charge in [-0.2, -0.15) is 0 Å². The van der Waals surface area contributed by atoms with E-state index in [0.717, 1.165) is 45.7 Å². The van der Waals surface area contributed by atoms with E-state index in [1.54, 1.807) is 12.1 Å². The normalized spacial score (nSPS) is 17.3. The molecule has 1 fully saturated rings. The van der Waals surface area contributed by atoms with Gasteiger partial charge in [0.05, 0.1) is 6.61 Å². The molecule has 0 N–H and O–H groups in total. The van der Waals surface area contributed by atoms with Gasteiger partial charge in [0.15, 0.2) is 5.78 Å². The quantitative estimate of drug-likeness (QED) is 0.592. The lowest BCUT2D eigenvalue weighted by atomic mass is 9.89. The molecular formula is C16H22FNO2. The van der Waals surface area contributed by atoms with E-state index < -0.39 is 0 Å². The van der Waals surface area contributed by atoms with E-state index in [4.69, 9.17) is 4.74 Å². The summed E-state index contributed by atoms with van der Waals surface area (Å²) in [6.07, 6.45) is 1.75. The van der Waals surface area contributed by atoms with E-state index in [0.29, 0.717) is 5.56 Å². The Hall–Kier alpha value is -1.26. The topological polar surface area (TPSA) is 29.5 Å². The SMILES string of the molecule is CCOCCN1CCC(C(=O)c2ccc(F)cc2)CC1. The second kappa shape index (κ2) is 7.50. The van der Waals surface area contributed by atoms with Crippen LogP contribution in [0.5, 0.6) is 0 Å². The smallest absolute Gasteiger partial charge is 0.166 e. The van der Waals surface area contributed by atoms with Gasteiger partial charge in [0.1, 0.15) is 5.82 Å². The Morgan fingerprint density at radius 3 is 2.55 bits per heavy atom. The number of hydrogen-bond donors (Lipinski definition) is 0. The van der Waals surface area contributed by atoms with Crippen molar-refractivity contribution in [2.75, 3.05) is 32.8 Å². The highest BCUT2D eigenvalue weighted by Crippen LogP contribution is 2.21. The largest absolute Gasteiger partial charge is 0.380 e. The zero-order valence-electron chi connectivity index (χ0n) is 12.0. The zero-order valence-corrected chi connectivity index (χ0v) is 12.0. The fourth-order valence-corrected chi connectivity index (χ4v) is 2.61. The number of halogens is 1.